The topological polar surface area (TPSA) is 30.2 Å². The molecule has 3 heteroatoms. The van der Waals surface area contributed by atoms with Gasteiger partial charge in [-0.25, -0.2) is 0 Å². The predicted octanol–water partition coefficient (Wildman–Crippen LogP) is 2.63. The lowest BCUT2D eigenvalue weighted by molar-refractivity contribution is -0.109. The Morgan fingerprint density at radius 3 is 2.82 bits per heavy atom. The molecule has 0 amide bonds. The van der Waals surface area contributed by atoms with Gasteiger partial charge in [0.15, 0.2) is 5.22 Å². The molecule has 0 saturated carbocycles. The van der Waals surface area contributed by atoms with Crippen molar-refractivity contribution in [3.63, 3.8) is 0 Å². The van der Waals surface area contributed by atoms with Crippen molar-refractivity contribution in [1.29, 1.82) is 0 Å². The fraction of sp³-hybridized carbons (Fsp3) is 0.375. The fourth-order valence-electron chi connectivity index (χ4n) is 0.892. The molecule has 1 heterocycles. The summed E-state index contributed by atoms with van der Waals surface area (Å²) >= 11 is 5.54. The van der Waals surface area contributed by atoms with Crippen LogP contribution in [0.25, 0.3) is 0 Å². The van der Waals surface area contributed by atoms with Crippen molar-refractivity contribution >= 4 is 17.9 Å². The van der Waals surface area contributed by atoms with Gasteiger partial charge in [0.05, 0.1) is 5.92 Å². The van der Waals surface area contributed by atoms with Crippen molar-refractivity contribution in [3.8, 4) is 0 Å². The van der Waals surface area contributed by atoms with Gasteiger partial charge in [-0.1, -0.05) is 6.92 Å². The van der Waals surface area contributed by atoms with Crippen molar-refractivity contribution in [1.82, 2.24) is 0 Å². The molecule has 0 fully saturated rings. The summed E-state index contributed by atoms with van der Waals surface area (Å²) in [6, 6.07) is 3.37. The molecule has 1 aromatic heterocycles. The Morgan fingerprint density at radius 2 is 2.45 bits per heavy atom. The maximum atomic E-state index is 10.4. The van der Waals surface area contributed by atoms with Crippen LogP contribution in [0.1, 0.15) is 25.0 Å². The van der Waals surface area contributed by atoms with Gasteiger partial charge >= 0.3 is 0 Å². The summed E-state index contributed by atoms with van der Waals surface area (Å²) in [5.74, 6) is 0.495. The smallest absolute Gasteiger partial charge is 0.193 e. The minimum Gasteiger partial charge on any atom is -0.449 e. The quantitative estimate of drug-likeness (QED) is 0.657. The molecule has 1 aromatic rings. The van der Waals surface area contributed by atoms with Gasteiger partial charge < -0.3 is 9.21 Å². The molecule has 1 rings (SSSR count). The zero-order valence-electron chi connectivity index (χ0n) is 6.21. The highest BCUT2D eigenvalue weighted by Gasteiger charge is 2.11. The first-order valence-electron chi connectivity index (χ1n) is 3.48. The van der Waals surface area contributed by atoms with Gasteiger partial charge in [0.1, 0.15) is 12.0 Å². The summed E-state index contributed by atoms with van der Waals surface area (Å²) in [6.07, 6.45) is 1.61. The number of rotatable bonds is 3. The molecule has 11 heavy (non-hydrogen) atoms. The Bertz CT molecular complexity index is 242. The second-order valence-electron chi connectivity index (χ2n) is 2.29. The first-order valence-corrected chi connectivity index (χ1v) is 3.86. The van der Waals surface area contributed by atoms with Gasteiger partial charge in [-0.15, -0.1) is 0 Å². The first kappa shape index (κ1) is 8.34. The lowest BCUT2D eigenvalue weighted by Gasteiger charge is -2.00. The van der Waals surface area contributed by atoms with E-state index in [1.165, 1.54) is 0 Å². The van der Waals surface area contributed by atoms with E-state index in [-0.39, 0.29) is 5.92 Å². The molecule has 0 N–H and O–H groups in total. The summed E-state index contributed by atoms with van der Waals surface area (Å²) in [5, 5.41) is 0.334. The van der Waals surface area contributed by atoms with Gasteiger partial charge in [0.2, 0.25) is 0 Å². The lowest BCUT2D eigenvalue weighted by Crippen LogP contribution is -1.95. The van der Waals surface area contributed by atoms with Crippen molar-refractivity contribution < 1.29 is 9.21 Å². The number of halogens is 1. The van der Waals surface area contributed by atoms with E-state index in [1.54, 1.807) is 12.1 Å². The van der Waals surface area contributed by atoms with Crippen LogP contribution < -0.4 is 0 Å². The predicted molar refractivity (Wildman–Crippen MR) is 42.8 cm³/mol. The van der Waals surface area contributed by atoms with E-state index in [9.17, 15) is 4.79 Å². The molecule has 0 aliphatic rings. The van der Waals surface area contributed by atoms with E-state index in [4.69, 9.17) is 16.0 Å². The van der Waals surface area contributed by atoms with Crippen LogP contribution in [0, 0.1) is 0 Å². The maximum Gasteiger partial charge on any atom is 0.193 e. The zero-order valence-corrected chi connectivity index (χ0v) is 6.97. The van der Waals surface area contributed by atoms with Gasteiger partial charge in [0, 0.05) is 0 Å². The molecule has 0 bridgehead atoms. The molecular formula is C8H9ClO2. The fourth-order valence-corrected chi connectivity index (χ4v) is 1.04. The van der Waals surface area contributed by atoms with Crippen LogP contribution in [0.3, 0.4) is 0 Å². The summed E-state index contributed by atoms with van der Waals surface area (Å²) in [7, 11) is 0. The zero-order chi connectivity index (χ0) is 8.27. The molecule has 60 valence electrons. The minimum atomic E-state index is -0.150. The van der Waals surface area contributed by atoms with E-state index in [0.29, 0.717) is 11.0 Å². The van der Waals surface area contributed by atoms with Gasteiger partial charge in [0.25, 0.3) is 0 Å². The summed E-state index contributed by atoms with van der Waals surface area (Å²) in [6.45, 7) is 1.93. The normalized spacial score (nSPS) is 12.9. The van der Waals surface area contributed by atoms with E-state index < -0.39 is 0 Å². The Balaban J connectivity index is 2.81. The lowest BCUT2D eigenvalue weighted by atomic mass is 10.1. The Morgan fingerprint density at radius 1 is 1.73 bits per heavy atom. The summed E-state index contributed by atoms with van der Waals surface area (Å²) in [4.78, 5) is 10.4. The number of carbonyl (C=O) groups excluding carboxylic acids is 1. The molecule has 2 nitrogen and oxygen atoms in total. The number of aldehydes is 1. The monoisotopic (exact) mass is 172 g/mol. The number of furan rings is 1. The average molecular weight is 173 g/mol. The third kappa shape index (κ3) is 1.84. The van der Waals surface area contributed by atoms with Crippen LogP contribution in [0.5, 0.6) is 0 Å². The van der Waals surface area contributed by atoms with Crippen LogP contribution in [0.2, 0.25) is 5.22 Å². The third-order valence-electron chi connectivity index (χ3n) is 1.56. The SMILES string of the molecule is CCC(C=O)c1ccc(Cl)o1. The summed E-state index contributed by atoms with van der Waals surface area (Å²) < 4.78 is 5.06. The number of hydrogen-bond donors (Lipinski definition) is 0. The molecule has 0 spiro atoms. The van der Waals surface area contributed by atoms with Gasteiger partial charge in [-0.05, 0) is 30.2 Å². The van der Waals surface area contributed by atoms with Crippen molar-refractivity contribution in [3.05, 3.63) is 23.1 Å². The molecule has 1 atom stereocenters. The van der Waals surface area contributed by atoms with E-state index in [1.807, 2.05) is 6.92 Å². The minimum absolute atomic E-state index is 0.150. The van der Waals surface area contributed by atoms with Crippen LogP contribution in [-0.4, -0.2) is 6.29 Å². The van der Waals surface area contributed by atoms with Crippen LogP contribution in [0.15, 0.2) is 16.5 Å². The molecule has 0 aromatic carbocycles. The van der Waals surface area contributed by atoms with Crippen molar-refractivity contribution in [2.45, 2.75) is 19.3 Å². The number of carbonyl (C=O) groups is 1. The second kappa shape index (κ2) is 3.58. The molecule has 0 aliphatic carbocycles. The standard InChI is InChI=1S/C8H9ClO2/c1-2-6(5-10)7-3-4-8(9)11-7/h3-6H,2H2,1H3. The van der Waals surface area contributed by atoms with Crippen molar-refractivity contribution in [2.24, 2.45) is 0 Å². The van der Waals surface area contributed by atoms with E-state index >= 15 is 0 Å². The van der Waals surface area contributed by atoms with Crippen molar-refractivity contribution in [2.75, 3.05) is 0 Å². The average Bonchev–Trinajstić information content (AvgIpc) is 2.39. The molecule has 1 unspecified atom stereocenters. The maximum absolute atomic E-state index is 10.4. The molecular weight excluding hydrogens is 164 g/mol. The van der Waals surface area contributed by atoms with E-state index in [0.717, 1.165) is 12.7 Å². The van der Waals surface area contributed by atoms with Crippen LogP contribution >= 0.6 is 11.6 Å². The van der Waals surface area contributed by atoms with Crippen LogP contribution in [0.4, 0.5) is 0 Å². The highest BCUT2D eigenvalue weighted by molar-refractivity contribution is 6.28. The Kier molecular flexibility index (Phi) is 2.71. The molecule has 0 aliphatic heterocycles. The van der Waals surface area contributed by atoms with Gasteiger partial charge in [-0.2, -0.15) is 0 Å². The number of hydrogen-bond acceptors (Lipinski definition) is 2. The summed E-state index contributed by atoms with van der Waals surface area (Å²) in [5.41, 5.74) is 0. The van der Waals surface area contributed by atoms with E-state index in [2.05, 4.69) is 0 Å². The molecule has 0 saturated heterocycles. The highest BCUT2D eigenvalue weighted by atomic mass is 35.5. The largest absolute Gasteiger partial charge is 0.449 e. The Labute approximate surface area is 70.2 Å². The third-order valence-corrected chi connectivity index (χ3v) is 1.77. The Hall–Kier alpha value is -0.760. The molecule has 0 radical (unpaired) electrons. The van der Waals surface area contributed by atoms with Crippen LogP contribution in [-0.2, 0) is 4.79 Å². The first-order chi connectivity index (χ1) is 5.27. The second-order valence-corrected chi connectivity index (χ2v) is 2.67. The highest BCUT2D eigenvalue weighted by Crippen LogP contribution is 2.22. The van der Waals surface area contributed by atoms with Gasteiger partial charge in [-0.3, -0.25) is 0 Å².